The van der Waals surface area contributed by atoms with Crippen molar-refractivity contribution < 1.29 is 19.2 Å². The van der Waals surface area contributed by atoms with Crippen LogP contribution in [0.15, 0.2) is 48.0 Å². The number of anilines is 1. The van der Waals surface area contributed by atoms with Crippen molar-refractivity contribution in [3.63, 3.8) is 0 Å². The van der Waals surface area contributed by atoms with Crippen molar-refractivity contribution in [2.75, 3.05) is 18.5 Å². The number of nitriles is 1. The van der Waals surface area contributed by atoms with Gasteiger partial charge >= 0.3 is 0 Å². The summed E-state index contributed by atoms with van der Waals surface area (Å²) in [6.07, 6.45) is 8.46. The lowest BCUT2D eigenvalue weighted by molar-refractivity contribution is -0.384. The summed E-state index contributed by atoms with van der Waals surface area (Å²) in [4.78, 5) is 22.9. The minimum absolute atomic E-state index is 0.144. The Kier molecular flexibility index (Phi) is 11.1. The van der Waals surface area contributed by atoms with Gasteiger partial charge in [-0.05, 0) is 43.2 Å². The number of benzene rings is 2. The van der Waals surface area contributed by atoms with Gasteiger partial charge in [0.1, 0.15) is 11.6 Å². The smallest absolute Gasteiger partial charge is 0.271 e. The molecular formula is C26H31N3O5. The Labute approximate surface area is 200 Å². The molecule has 0 atom stereocenters. The Morgan fingerprint density at radius 2 is 1.82 bits per heavy atom. The number of hydrogen-bond donors (Lipinski definition) is 1. The van der Waals surface area contributed by atoms with Crippen LogP contribution in [0.4, 0.5) is 11.4 Å². The SMILES string of the molecule is CCCCCCCCOc1ccc(/C=C(/C#N)C(=O)Nc2cccc([N+](=O)[O-])c2)cc1OCC. The van der Waals surface area contributed by atoms with Crippen molar-refractivity contribution >= 4 is 23.4 Å². The van der Waals surface area contributed by atoms with Gasteiger partial charge in [0.15, 0.2) is 11.5 Å². The molecule has 0 aliphatic heterocycles. The molecule has 1 amide bonds. The number of nitro benzene ring substituents is 1. The second-order valence-corrected chi connectivity index (χ2v) is 7.69. The third-order valence-corrected chi connectivity index (χ3v) is 5.01. The summed E-state index contributed by atoms with van der Waals surface area (Å²) >= 11 is 0. The molecule has 2 aromatic rings. The fourth-order valence-electron chi connectivity index (χ4n) is 3.28. The Morgan fingerprint density at radius 3 is 2.53 bits per heavy atom. The third kappa shape index (κ3) is 8.58. The molecular weight excluding hydrogens is 434 g/mol. The second-order valence-electron chi connectivity index (χ2n) is 7.69. The molecule has 0 fully saturated rings. The van der Waals surface area contributed by atoms with E-state index in [-0.39, 0.29) is 16.9 Å². The number of hydrogen-bond acceptors (Lipinski definition) is 6. The molecule has 8 heteroatoms. The minimum atomic E-state index is -0.663. The molecule has 2 aromatic carbocycles. The van der Waals surface area contributed by atoms with Crippen molar-refractivity contribution in [1.82, 2.24) is 0 Å². The molecule has 1 N–H and O–H groups in total. The lowest BCUT2D eigenvalue weighted by atomic mass is 10.1. The Hall–Kier alpha value is -3.86. The van der Waals surface area contributed by atoms with Gasteiger partial charge in [-0.2, -0.15) is 5.26 Å². The Morgan fingerprint density at radius 1 is 1.06 bits per heavy atom. The highest BCUT2D eigenvalue weighted by Crippen LogP contribution is 2.30. The van der Waals surface area contributed by atoms with E-state index in [1.807, 2.05) is 13.0 Å². The quantitative estimate of drug-likeness (QED) is 0.115. The van der Waals surface area contributed by atoms with Gasteiger partial charge < -0.3 is 14.8 Å². The topological polar surface area (TPSA) is 114 Å². The van der Waals surface area contributed by atoms with Crippen molar-refractivity contribution in [2.45, 2.75) is 52.4 Å². The lowest BCUT2D eigenvalue weighted by Crippen LogP contribution is -2.13. The first-order valence-electron chi connectivity index (χ1n) is 11.6. The molecule has 0 spiro atoms. The highest BCUT2D eigenvalue weighted by atomic mass is 16.6. The zero-order valence-electron chi connectivity index (χ0n) is 19.7. The van der Waals surface area contributed by atoms with Crippen LogP contribution in [0.25, 0.3) is 6.08 Å². The van der Waals surface area contributed by atoms with Gasteiger partial charge in [0.2, 0.25) is 0 Å². The monoisotopic (exact) mass is 465 g/mol. The summed E-state index contributed by atoms with van der Waals surface area (Å²) in [6.45, 7) is 5.10. The first kappa shape index (κ1) is 26.4. The maximum Gasteiger partial charge on any atom is 0.271 e. The largest absolute Gasteiger partial charge is 0.490 e. The maximum atomic E-state index is 12.5. The maximum absolute atomic E-state index is 12.5. The molecule has 34 heavy (non-hydrogen) atoms. The Balaban J connectivity index is 2.07. The molecule has 0 aliphatic carbocycles. The number of unbranched alkanes of at least 4 members (excludes halogenated alkanes) is 5. The van der Waals surface area contributed by atoms with E-state index in [1.165, 1.54) is 56.0 Å². The van der Waals surface area contributed by atoms with E-state index in [1.54, 1.807) is 18.2 Å². The minimum Gasteiger partial charge on any atom is -0.490 e. The molecule has 0 saturated heterocycles. The van der Waals surface area contributed by atoms with Crippen molar-refractivity contribution in [3.8, 4) is 17.6 Å². The number of non-ortho nitro benzene ring substituents is 1. The zero-order chi connectivity index (χ0) is 24.8. The van der Waals surface area contributed by atoms with Gasteiger partial charge in [0, 0.05) is 17.8 Å². The van der Waals surface area contributed by atoms with E-state index in [0.29, 0.717) is 30.3 Å². The molecule has 8 nitrogen and oxygen atoms in total. The van der Waals surface area contributed by atoms with Crippen LogP contribution < -0.4 is 14.8 Å². The number of carbonyl (C=O) groups excluding carboxylic acids is 1. The fraction of sp³-hybridized carbons (Fsp3) is 0.385. The summed E-state index contributed by atoms with van der Waals surface area (Å²) in [5.41, 5.74) is 0.530. The number of amides is 1. The summed E-state index contributed by atoms with van der Waals surface area (Å²) in [7, 11) is 0. The van der Waals surface area contributed by atoms with Gasteiger partial charge in [0.05, 0.1) is 18.1 Å². The Bertz CT molecular complexity index is 1040. The summed E-state index contributed by atoms with van der Waals surface area (Å²) in [5, 5.41) is 22.9. The van der Waals surface area contributed by atoms with E-state index in [0.717, 1.165) is 12.8 Å². The molecule has 2 rings (SSSR count). The highest BCUT2D eigenvalue weighted by Gasteiger charge is 2.13. The molecule has 0 unspecified atom stereocenters. The average Bonchev–Trinajstić information content (AvgIpc) is 2.83. The third-order valence-electron chi connectivity index (χ3n) is 5.01. The van der Waals surface area contributed by atoms with Crippen LogP contribution in [0, 0.1) is 21.4 Å². The summed E-state index contributed by atoms with van der Waals surface area (Å²) in [5.74, 6) is 0.495. The highest BCUT2D eigenvalue weighted by molar-refractivity contribution is 6.09. The van der Waals surface area contributed by atoms with Crippen molar-refractivity contribution in [2.24, 2.45) is 0 Å². The number of nitrogens with zero attached hydrogens (tertiary/aromatic N) is 2. The van der Waals surface area contributed by atoms with E-state index >= 15 is 0 Å². The van der Waals surface area contributed by atoms with Crippen LogP contribution in [-0.4, -0.2) is 24.0 Å². The number of carbonyl (C=O) groups is 1. The molecule has 0 aliphatic rings. The predicted molar refractivity (Wildman–Crippen MR) is 132 cm³/mol. The molecule has 0 aromatic heterocycles. The van der Waals surface area contributed by atoms with Gasteiger partial charge in [-0.3, -0.25) is 14.9 Å². The van der Waals surface area contributed by atoms with E-state index in [9.17, 15) is 20.2 Å². The second kappa shape index (κ2) is 14.3. The van der Waals surface area contributed by atoms with Gasteiger partial charge in [-0.1, -0.05) is 51.2 Å². The van der Waals surface area contributed by atoms with Crippen LogP contribution in [0.1, 0.15) is 57.9 Å². The van der Waals surface area contributed by atoms with Gasteiger partial charge in [0.25, 0.3) is 11.6 Å². The normalized spacial score (nSPS) is 10.9. The van der Waals surface area contributed by atoms with E-state index in [2.05, 4.69) is 12.2 Å². The van der Waals surface area contributed by atoms with Crippen molar-refractivity contribution in [1.29, 1.82) is 5.26 Å². The van der Waals surface area contributed by atoms with Crippen LogP contribution in [0.2, 0.25) is 0 Å². The van der Waals surface area contributed by atoms with Crippen molar-refractivity contribution in [3.05, 3.63) is 63.7 Å². The van der Waals surface area contributed by atoms with Crippen LogP contribution >= 0.6 is 0 Å². The predicted octanol–water partition coefficient (Wildman–Crippen LogP) is 6.28. The van der Waals surface area contributed by atoms with E-state index in [4.69, 9.17) is 9.47 Å². The summed E-state index contributed by atoms with van der Waals surface area (Å²) < 4.78 is 11.6. The van der Waals surface area contributed by atoms with Crippen LogP contribution in [-0.2, 0) is 4.79 Å². The molecule has 180 valence electrons. The standard InChI is InChI=1S/C26H31N3O5/c1-3-5-6-7-8-9-15-34-24-14-13-20(17-25(24)33-4-2)16-21(19-27)26(30)28-22-11-10-12-23(18-22)29(31)32/h10-14,16-18H,3-9,15H2,1-2H3,(H,28,30)/b21-16-. The lowest BCUT2D eigenvalue weighted by Gasteiger charge is -2.13. The van der Waals surface area contributed by atoms with Gasteiger partial charge in [-0.15, -0.1) is 0 Å². The number of nitrogens with one attached hydrogen (secondary N) is 1. The summed E-state index contributed by atoms with van der Waals surface area (Å²) in [6, 6.07) is 12.6. The molecule has 0 heterocycles. The van der Waals surface area contributed by atoms with Gasteiger partial charge in [-0.25, -0.2) is 0 Å². The number of rotatable bonds is 14. The number of ether oxygens (including phenoxy) is 2. The average molecular weight is 466 g/mol. The first-order chi connectivity index (χ1) is 16.5. The molecule has 0 bridgehead atoms. The number of nitro groups is 1. The molecule has 0 saturated carbocycles. The van der Waals surface area contributed by atoms with Crippen LogP contribution in [0.3, 0.4) is 0 Å². The van der Waals surface area contributed by atoms with E-state index < -0.39 is 10.8 Å². The van der Waals surface area contributed by atoms with Crippen LogP contribution in [0.5, 0.6) is 11.5 Å². The molecule has 0 radical (unpaired) electrons. The first-order valence-corrected chi connectivity index (χ1v) is 11.6. The zero-order valence-corrected chi connectivity index (χ0v) is 19.7. The fourth-order valence-corrected chi connectivity index (χ4v) is 3.28.